The lowest BCUT2D eigenvalue weighted by Gasteiger charge is -2.20. The monoisotopic (exact) mass is 277 g/mol. The van der Waals surface area contributed by atoms with Crippen LogP contribution >= 0.6 is 0 Å². The molecule has 0 aliphatic rings. The Kier molecular flexibility index (Phi) is 5.74. The SMILES string of the molecule is Cc1ccccc1C(C)CC(=O)NC(C(=O)O)C(C)C. The van der Waals surface area contributed by atoms with Gasteiger partial charge in [0.05, 0.1) is 0 Å². The number of rotatable bonds is 6. The molecular formula is C16H23NO3. The van der Waals surface area contributed by atoms with Crippen LogP contribution in [0, 0.1) is 12.8 Å². The molecule has 20 heavy (non-hydrogen) atoms. The highest BCUT2D eigenvalue weighted by molar-refractivity contribution is 5.84. The maximum absolute atomic E-state index is 12.0. The number of hydrogen-bond acceptors (Lipinski definition) is 2. The predicted octanol–water partition coefficient (Wildman–Crippen LogP) is 2.71. The van der Waals surface area contributed by atoms with Crippen LogP contribution in [0.1, 0.15) is 44.2 Å². The highest BCUT2D eigenvalue weighted by atomic mass is 16.4. The lowest BCUT2D eigenvalue weighted by Crippen LogP contribution is -2.44. The van der Waals surface area contributed by atoms with Crippen molar-refractivity contribution >= 4 is 11.9 Å². The summed E-state index contributed by atoms with van der Waals surface area (Å²) in [5.74, 6) is -1.28. The number of aryl methyl sites for hydroxylation is 1. The van der Waals surface area contributed by atoms with Gasteiger partial charge in [-0.25, -0.2) is 4.79 Å². The second-order valence-electron chi connectivity index (χ2n) is 5.59. The van der Waals surface area contributed by atoms with E-state index in [0.717, 1.165) is 11.1 Å². The number of carbonyl (C=O) groups excluding carboxylic acids is 1. The van der Waals surface area contributed by atoms with E-state index in [-0.39, 0.29) is 17.7 Å². The normalized spacial score (nSPS) is 13.8. The third kappa shape index (κ3) is 4.37. The van der Waals surface area contributed by atoms with E-state index in [4.69, 9.17) is 5.11 Å². The largest absolute Gasteiger partial charge is 0.480 e. The third-order valence-electron chi connectivity index (χ3n) is 3.46. The molecule has 0 bridgehead atoms. The molecule has 0 spiro atoms. The molecule has 0 fully saturated rings. The quantitative estimate of drug-likeness (QED) is 0.840. The number of amides is 1. The Morgan fingerprint density at radius 1 is 1.20 bits per heavy atom. The minimum absolute atomic E-state index is 0.0674. The molecule has 0 radical (unpaired) electrons. The molecule has 1 amide bonds. The van der Waals surface area contributed by atoms with E-state index >= 15 is 0 Å². The van der Waals surface area contributed by atoms with Crippen LogP contribution in [0.15, 0.2) is 24.3 Å². The Bertz CT molecular complexity index is 482. The van der Waals surface area contributed by atoms with Crippen LogP contribution in [0.3, 0.4) is 0 Å². The second kappa shape index (κ2) is 7.08. The van der Waals surface area contributed by atoms with Crippen molar-refractivity contribution in [2.75, 3.05) is 0 Å². The summed E-state index contributed by atoms with van der Waals surface area (Å²) in [4.78, 5) is 23.1. The summed E-state index contributed by atoms with van der Waals surface area (Å²) < 4.78 is 0. The van der Waals surface area contributed by atoms with Crippen LogP contribution in [0.4, 0.5) is 0 Å². The number of benzene rings is 1. The molecule has 1 rings (SSSR count). The lowest BCUT2D eigenvalue weighted by atomic mass is 9.93. The number of carbonyl (C=O) groups is 2. The molecule has 110 valence electrons. The minimum Gasteiger partial charge on any atom is -0.480 e. The summed E-state index contributed by atoms with van der Waals surface area (Å²) in [6.45, 7) is 7.55. The molecule has 2 N–H and O–H groups in total. The van der Waals surface area contributed by atoms with Crippen molar-refractivity contribution in [3.63, 3.8) is 0 Å². The van der Waals surface area contributed by atoms with Gasteiger partial charge in [0.15, 0.2) is 0 Å². The van der Waals surface area contributed by atoms with E-state index in [1.165, 1.54) is 0 Å². The number of carboxylic acids is 1. The molecule has 2 atom stereocenters. The van der Waals surface area contributed by atoms with Gasteiger partial charge in [-0.2, -0.15) is 0 Å². The van der Waals surface area contributed by atoms with Crippen molar-refractivity contribution in [2.24, 2.45) is 5.92 Å². The zero-order valence-corrected chi connectivity index (χ0v) is 12.5. The topological polar surface area (TPSA) is 66.4 Å². The van der Waals surface area contributed by atoms with Crippen LogP contribution in [-0.2, 0) is 9.59 Å². The first kappa shape index (κ1) is 16.2. The van der Waals surface area contributed by atoms with Crippen LogP contribution in [0.25, 0.3) is 0 Å². The Hall–Kier alpha value is -1.84. The molecule has 0 aliphatic carbocycles. The lowest BCUT2D eigenvalue weighted by molar-refractivity contribution is -0.143. The van der Waals surface area contributed by atoms with E-state index in [9.17, 15) is 9.59 Å². The molecule has 0 heterocycles. The molecule has 1 aromatic carbocycles. The first-order valence-corrected chi connectivity index (χ1v) is 6.90. The summed E-state index contributed by atoms with van der Waals surface area (Å²) in [5, 5.41) is 11.7. The van der Waals surface area contributed by atoms with Gasteiger partial charge in [0.25, 0.3) is 0 Å². The van der Waals surface area contributed by atoms with Crippen molar-refractivity contribution in [1.82, 2.24) is 5.32 Å². The first-order valence-electron chi connectivity index (χ1n) is 6.90. The predicted molar refractivity (Wildman–Crippen MR) is 78.6 cm³/mol. The van der Waals surface area contributed by atoms with E-state index in [1.54, 1.807) is 13.8 Å². The van der Waals surface area contributed by atoms with Gasteiger partial charge in [-0.05, 0) is 29.9 Å². The van der Waals surface area contributed by atoms with Crippen molar-refractivity contribution in [1.29, 1.82) is 0 Å². The highest BCUT2D eigenvalue weighted by Crippen LogP contribution is 2.22. The summed E-state index contributed by atoms with van der Waals surface area (Å²) in [6, 6.07) is 7.10. The number of hydrogen-bond donors (Lipinski definition) is 2. The number of carboxylic acid groups (broad SMARTS) is 1. The van der Waals surface area contributed by atoms with Gasteiger partial charge in [-0.3, -0.25) is 4.79 Å². The average Bonchev–Trinajstić information content (AvgIpc) is 2.35. The third-order valence-corrected chi connectivity index (χ3v) is 3.46. The zero-order chi connectivity index (χ0) is 15.3. The fourth-order valence-electron chi connectivity index (χ4n) is 2.27. The minimum atomic E-state index is -0.989. The number of aliphatic carboxylic acids is 1. The van der Waals surface area contributed by atoms with Crippen LogP contribution in [0.2, 0.25) is 0 Å². The molecule has 1 aromatic rings. The van der Waals surface area contributed by atoms with E-state index in [1.807, 2.05) is 38.1 Å². The molecule has 4 heteroatoms. The Morgan fingerprint density at radius 3 is 2.30 bits per heavy atom. The van der Waals surface area contributed by atoms with Gasteiger partial charge in [-0.15, -0.1) is 0 Å². The molecule has 0 saturated carbocycles. The summed E-state index contributed by atoms with van der Waals surface area (Å²) >= 11 is 0. The van der Waals surface area contributed by atoms with Gasteiger partial charge in [-0.1, -0.05) is 45.0 Å². The van der Waals surface area contributed by atoms with Crippen LogP contribution in [-0.4, -0.2) is 23.0 Å². The van der Waals surface area contributed by atoms with Crippen molar-refractivity contribution in [3.05, 3.63) is 35.4 Å². The smallest absolute Gasteiger partial charge is 0.326 e. The molecule has 2 unspecified atom stereocenters. The fraction of sp³-hybridized carbons (Fsp3) is 0.500. The first-order chi connectivity index (χ1) is 9.32. The van der Waals surface area contributed by atoms with Crippen molar-refractivity contribution in [3.8, 4) is 0 Å². The van der Waals surface area contributed by atoms with E-state index in [2.05, 4.69) is 5.32 Å². The maximum Gasteiger partial charge on any atom is 0.326 e. The molecule has 0 aromatic heterocycles. The number of nitrogens with one attached hydrogen (secondary N) is 1. The molecule has 4 nitrogen and oxygen atoms in total. The second-order valence-corrected chi connectivity index (χ2v) is 5.59. The standard InChI is InChI=1S/C16H23NO3/c1-10(2)15(16(19)20)17-14(18)9-12(4)13-8-6-5-7-11(13)3/h5-8,10,12,15H,9H2,1-4H3,(H,17,18)(H,19,20). The van der Waals surface area contributed by atoms with Gasteiger partial charge in [0.2, 0.25) is 5.91 Å². The Labute approximate surface area is 120 Å². The van der Waals surface area contributed by atoms with Crippen LogP contribution in [0.5, 0.6) is 0 Å². The average molecular weight is 277 g/mol. The van der Waals surface area contributed by atoms with Crippen molar-refractivity contribution in [2.45, 2.75) is 46.1 Å². The van der Waals surface area contributed by atoms with Gasteiger partial charge in [0, 0.05) is 6.42 Å². The van der Waals surface area contributed by atoms with Gasteiger partial charge in [0.1, 0.15) is 6.04 Å². The summed E-state index contributed by atoms with van der Waals surface area (Å²) in [5.41, 5.74) is 2.27. The van der Waals surface area contributed by atoms with Crippen molar-refractivity contribution < 1.29 is 14.7 Å². The van der Waals surface area contributed by atoms with E-state index in [0.29, 0.717) is 6.42 Å². The van der Waals surface area contributed by atoms with Gasteiger partial charge >= 0.3 is 5.97 Å². The van der Waals surface area contributed by atoms with Gasteiger partial charge < -0.3 is 10.4 Å². The summed E-state index contributed by atoms with van der Waals surface area (Å²) in [6.07, 6.45) is 0.293. The fourth-order valence-corrected chi connectivity index (χ4v) is 2.27. The Morgan fingerprint density at radius 2 is 1.80 bits per heavy atom. The Balaban J connectivity index is 2.67. The zero-order valence-electron chi connectivity index (χ0n) is 12.5. The maximum atomic E-state index is 12.0. The van der Waals surface area contributed by atoms with Crippen LogP contribution < -0.4 is 5.32 Å². The highest BCUT2D eigenvalue weighted by Gasteiger charge is 2.24. The molecule has 0 saturated heterocycles. The summed E-state index contributed by atoms with van der Waals surface area (Å²) in [7, 11) is 0. The van der Waals surface area contributed by atoms with E-state index < -0.39 is 12.0 Å². The molecular weight excluding hydrogens is 254 g/mol. The molecule has 0 aliphatic heterocycles.